The highest BCUT2D eigenvalue weighted by Gasteiger charge is 2.25. The molecule has 1 aliphatic rings. The summed E-state index contributed by atoms with van der Waals surface area (Å²) in [5, 5.41) is 2.18. The lowest BCUT2D eigenvalue weighted by atomic mass is 9.89. The maximum Gasteiger partial charge on any atom is 0.269 e. The Kier molecular flexibility index (Phi) is 7.28. The van der Waals surface area contributed by atoms with Gasteiger partial charge in [-0.05, 0) is 75.8 Å². The number of nitrogens with zero attached hydrogens (tertiary/aromatic N) is 6. The predicted molar refractivity (Wildman–Crippen MR) is 226 cm³/mol. The highest BCUT2D eigenvalue weighted by Crippen LogP contribution is 2.43. The molecule has 4 aromatic heterocycles. The van der Waals surface area contributed by atoms with Gasteiger partial charge in [-0.2, -0.15) is 4.98 Å². The van der Waals surface area contributed by atoms with Crippen molar-refractivity contribution in [1.82, 2.24) is 24.1 Å². The van der Waals surface area contributed by atoms with Crippen LogP contribution in [0.1, 0.15) is 26.6 Å². The molecule has 6 aromatic carbocycles. The minimum absolute atomic E-state index is 0.343. The van der Waals surface area contributed by atoms with E-state index in [2.05, 4.69) is 168 Å². The van der Waals surface area contributed by atoms with Crippen molar-refractivity contribution in [2.45, 2.75) is 26.2 Å². The maximum atomic E-state index is 6.70. The molecule has 0 N–H and O–H groups in total. The Bertz CT molecular complexity index is 3170. The van der Waals surface area contributed by atoms with Gasteiger partial charge in [0.05, 0.1) is 27.9 Å². The van der Waals surface area contributed by atoms with Gasteiger partial charge < -0.3 is 4.74 Å². The van der Waals surface area contributed by atoms with Gasteiger partial charge >= 0.3 is 0 Å². The molecule has 11 rings (SSSR count). The second-order valence-corrected chi connectivity index (χ2v) is 15.5. The molecular formula is C50H36N6O. The maximum absolute atomic E-state index is 6.70. The molecule has 0 radical (unpaired) electrons. The summed E-state index contributed by atoms with van der Waals surface area (Å²) >= 11 is 0. The van der Waals surface area contributed by atoms with Crippen LogP contribution in [-0.2, 0) is 5.41 Å². The number of fused-ring (bicyclic) bond motifs is 10. The molecule has 7 heteroatoms. The topological polar surface area (TPSA) is 61.6 Å². The van der Waals surface area contributed by atoms with Gasteiger partial charge in [-0.1, -0.05) is 130 Å². The fraction of sp³-hybridized carbons (Fsp3) is 0.0800. The quantitative estimate of drug-likeness (QED) is 0.133. The van der Waals surface area contributed by atoms with Crippen LogP contribution in [0.15, 0.2) is 164 Å². The number of aromatic nitrogens is 6. The Morgan fingerprint density at radius 3 is 2.00 bits per heavy atom. The van der Waals surface area contributed by atoms with Gasteiger partial charge in [-0.25, -0.2) is 9.97 Å². The van der Waals surface area contributed by atoms with Crippen molar-refractivity contribution in [1.29, 1.82) is 0 Å². The molecule has 5 heterocycles. The van der Waals surface area contributed by atoms with Crippen LogP contribution < -0.4 is 9.30 Å². The number of hydrogen-bond acceptors (Lipinski definition) is 4. The van der Waals surface area contributed by atoms with Crippen molar-refractivity contribution in [2.75, 3.05) is 0 Å². The Morgan fingerprint density at radius 2 is 1.21 bits per heavy atom. The van der Waals surface area contributed by atoms with Gasteiger partial charge in [0, 0.05) is 28.5 Å². The lowest BCUT2D eigenvalue weighted by molar-refractivity contribution is -0.571. The fourth-order valence-corrected chi connectivity index (χ4v) is 8.29. The van der Waals surface area contributed by atoms with Crippen LogP contribution in [0.5, 0.6) is 11.6 Å². The van der Waals surface area contributed by atoms with Crippen LogP contribution in [0.4, 0.5) is 0 Å². The molecule has 0 aliphatic carbocycles. The first kappa shape index (κ1) is 33.0. The van der Waals surface area contributed by atoms with E-state index in [1.54, 1.807) is 0 Å². The normalized spacial score (nSPS) is 12.1. The molecule has 0 atom stereocenters. The molecule has 0 bridgehead atoms. The van der Waals surface area contributed by atoms with Crippen LogP contribution in [0.2, 0.25) is 0 Å². The Morgan fingerprint density at radius 1 is 0.579 bits per heavy atom. The Labute approximate surface area is 329 Å². The zero-order chi connectivity index (χ0) is 38.3. The molecule has 0 spiro atoms. The number of hydrogen-bond donors (Lipinski definition) is 0. The zero-order valence-electron chi connectivity index (χ0n) is 31.7. The number of pyridine rings is 1. The van der Waals surface area contributed by atoms with Crippen LogP contribution >= 0.6 is 0 Å². The summed E-state index contributed by atoms with van der Waals surface area (Å²) in [6, 6.07) is 55.0. The molecule has 7 nitrogen and oxygen atoms in total. The summed E-state index contributed by atoms with van der Waals surface area (Å²) in [4.78, 5) is 14.9. The third-order valence-corrected chi connectivity index (χ3v) is 10.9. The molecule has 0 fully saturated rings. The van der Waals surface area contributed by atoms with Gasteiger partial charge in [0.15, 0.2) is 0 Å². The number of ether oxygens (including phenoxy) is 1. The second-order valence-electron chi connectivity index (χ2n) is 15.5. The number of para-hydroxylation sites is 3. The molecule has 0 saturated heterocycles. The van der Waals surface area contributed by atoms with Crippen molar-refractivity contribution in [3.05, 3.63) is 176 Å². The first-order chi connectivity index (χ1) is 27.9. The SMILES string of the molecule is CC(C)(C)c1nc(Oc2cccc(-n3[c-][n+]4c5c(cccc53)-c3ccccc3-c3ccccc3-c3ccccc3-4)c2)cc(-n2c3ccccc3c3cccnc32)n1. The third-order valence-electron chi connectivity index (χ3n) is 10.9. The predicted octanol–water partition coefficient (Wildman–Crippen LogP) is 11.4. The lowest BCUT2D eigenvalue weighted by Crippen LogP contribution is -2.30. The molecule has 1 aliphatic heterocycles. The van der Waals surface area contributed by atoms with E-state index >= 15 is 0 Å². The highest BCUT2D eigenvalue weighted by atomic mass is 16.5. The largest absolute Gasteiger partial charge is 0.439 e. The fourth-order valence-electron chi connectivity index (χ4n) is 8.29. The smallest absolute Gasteiger partial charge is 0.269 e. The molecule has 0 unspecified atom stereocenters. The van der Waals surface area contributed by atoms with Crippen molar-refractivity contribution < 1.29 is 9.30 Å². The number of rotatable bonds is 4. The molecule has 10 aromatic rings. The summed E-state index contributed by atoms with van der Waals surface area (Å²) in [6.07, 6.45) is 5.61. The van der Waals surface area contributed by atoms with Gasteiger partial charge in [-0.15, -0.1) is 0 Å². The van der Waals surface area contributed by atoms with E-state index in [0.29, 0.717) is 23.3 Å². The number of imidazole rings is 1. The molecular weight excluding hydrogens is 701 g/mol. The summed E-state index contributed by atoms with van der Waals surface area (Å²) in [7, 11) is 0. The second kappa shape index (κ2) is 12.6. The average molecular weight is 737 g/mol. The standard InChI is InChI=1S/C50H36N6O/c1-50(2,3)49-52-45(56-43-26-11-9-22-39(43)41-24-14-28-51-48(41)56)30-46(53-49)57-33-16-12-15-32(29-33)54-31-55-42-25-10-8-21-38(42)36-19-6-4-17-34(36)35-18-5-7-20-37(35)40-23-13-27-44(54)47(40)55/h4-30H,1-3H3. The monoisotopic (exact) mass is 736 g/mol. The number of benzene rings is 6. The van der Waals surface area contributed by atoms with E-state index in [1.165, 1.54) is 22.3 Å². The summed E-state index contributed by atoms with van der Waals surface area (Å²) in [5.74, 6) is 2.48. The van der Waals surface area contributed by atoms with Crippen LogP contribution in [0, 0.1) is 6.33 Å². The Hall–Kier alpha value is -7.38. The van der Waals surface area contributed by atoms with Gasteiger partial charge in [0.1, 0.15) is 23.0 Å². The highest BCUT2D eigenvalue weighted by molar-refractivity contribution is 6.07. The summed E-state index contributed by atoms with van der Waals surface area (Å²) in [5.41, 5.74) is 12.6. The Balaban J connectivity index is 1.07. The van der Waals surface area contributed by atoms with Crippen molar-refractivity contribution in [3.8, 4) is 62.2 Å². The van der Waals surface area contributed by atoms with E-state index in [1.807, 2.05) is 36.5 Å². The molecule has 0 amide bonds. The van der Waals surface area contributed by atoms with E-state index in [0.717, 1.165) is 55.5 Å². The van der Waals surface area contributed by atoms with Crippen molar-refractivity contribution in [2.24, 2.45) is 0 Å². The van der Waals surface area contributed by atoms with E-state index in [4.69, 9.17) is 19.7 Å². The summed E-state index contributed by atoms with van der Waals surface area (Å²) < 4.78 is 13.2. The van der Waals surface area contributed by atoms with Crippen LogP contribution in [0.25, 0.3) is 83.5 Å². The van der Waals surface area contributed by atoms with Gasteiger partial charge in [-0.3, -0.25) is 13.7 Å². The van der Waals surface area contributed by atoms with E-state index in [9.17, 15) is 0 Å². The molecule has 57 heavy (non-hydrogen) atoms. The lowest BCUT2D eigenvalue weighted by Gasteiger charge is -2.19. The van der Waals surface area contributed by atoms with Crippen molar-refractivity contribution in [3.63, 3.8) is 0 Å². The first-order valence-corrected chi connectivity index (χ1v) is 19.2. The average Bonchev–Trinajstić information content (AvgIpc) is 3.81. The molecule has 0 saturated carbocycles. The van der Waals surface area contributed by atoms with Gasteiger partial charge in [0.2, 0.25) is 5.88 Å². The van der Waals surface area contributed by atoms with E-state index < -0.39 is 0 Å². The van der Waals surface area contributed by atoms with Gasteiger partial charge in [0.25, 0.3) is 6.33 Å². The summed E-state index contributed by atoms with van der Waals surface area (Å²) in [6.45, 7) is 6.35. The minimum atomic E-state index is -0.343. The first-order valence-electron chi connectivity index (χ1n) is 19.2. The van der Waals surface area contributed by atoms with Crippen molar-refractivity contribution >= 4 is 33.0 Å². The van der Waals surface area contributed by atoms with Crippen LogP contribution in [0.3, 0.4) is 0 Å². The van der Waals surface area contributed by atoms with E-state index in [-0.39, 0.29) is 5.41 Å². The zero-order valence-corrected chi connectivity index (χ0v) is 31.7. The molecule has 272 valence electrons. The third kappa shape index (κ3) is 5.27. The van der Waals surface area contributed by atoms with Crippen LogP contribution in [-0.4, -0.2) is 24.1 Å². The minimum Gasteiger partial charge on any atom is -0.439 e.